The van der Waals surface area contributed by atoms with Crippen LogP contribution >= 0.6 is 11.6 Å². The normalized spacial score (nSPS) is 16.4. The standard InChI is InChI=1S/C16H25ClN2/c1-3-14(18)9-13-7-8-16(15(17)10-13)19(4-2)11-12-5-6-12/h7-8,10,12,14H,3-6,9,11,18H2,1-2H3. The number of rotatable bonds is 7. The lowest BCUT2D eigenvalue weighted by Crippen LogP contribution is -2.25. The molecule has 1 aliphatic rings. The van der Waals surface area contributed by atoms with Crippen molar-refractivity contribution in [2.45, 2.75) is 45.6 Å². The third-order valence-corrected chi connectivity index (χ3v) is 4.24. The molecule has 0 saturated heterocycles. The van der Waals surface area contributed by atoms with Crippen molar-refractivity contribution in [1.82, 2.24) is 0 Å². The third-order valence-electron chi connectivity index (χ3n) is 3.93. The van der Waals surface area contributed by atoms with Crippen LogP contribution < -0.4 is 10.6 Å². The first-order valence-corrected chi connectivity index (χ1v) is 7.80. The molecule has 106 valence electrons. The van der Waals surface area contributed by atoms with E-state index in [4.69, 9.17) is 17.3 Å². The van der Waals surface area contributed by atoms with Gasteiger partial charge in [0.05, 0.1) is 10.7 Å². The Bertz CT molecular complexity index is 415. The average Bonchev–Trinajstić information content (AvgIpc) is 3.20. The van der Waals surface area contributed by atoms with Crippen LogP contribution in [-0.2, 0) is 6.42 Å². The summed E-state index contributed by atoms with van der Waals surface area (Å²) in [5.41, 5.74) is 8.41. The highest BCUT2D eigenvalue weighted by Crippen LogP contribution is 2.34. The molecule has 1 unspecified atom stereocenters. The first kappa shape index (κ1) is 14.7. The number of benzene rings is 1. The molecule has 1 fully saturated rings. The second-order valence-corrected chi connectivity index (χ2v) is 6.05. The van der Waals surface area contributed by atoms with Gasteiger partial charge in [0, 0.05) is 19.1 Å². The Balaban J connectivity index is 2.08. The van der Waals surface area contributed by atoms with Gasteiger partial charge in [-0.25, -0.2) is 0 Å². The Morgan fingerprint density at radius 2 is 2.11 bits per heavy atom. The molecule has 0 spiro atoms. The van der Waals surface area contributed by atoms with Gasteiger partial charge in [-0.15, -0.1) is 0 Å². The van der Waals surface area contributed by atoms with Gasteiger partial charge in [-0.05, 0) is 56.2 Å². The summed E-state index contributed by atoms with van der Waals surface area (Å²) < 4.78 is 0. The second-order valence-electron chi connectivity index (χ2n) is 5.64. The van der Waals surface area contributed by atoms with Gasteiger partial charge in [0.25, 0.3) is 0 Å². The summed E-state index contributed by atoms with van der Waals surface area (Å²) in [7, 11) is 0. The molecule has 1 aromatic rings. The molecular formula is C16H25ClN2. The van der Waals surface area contributed by atoms with E-state index in [0.717, 1.165) is 36.9 Å². The third kappa shape index (κ3) is 4.12. The fraction of sp³-hybridized carbons (Fsp3) is 0.625. The van der Waals surface area contributed by atoms with Crippen LogP contribution in [0.5, 0.6) is 0 Å². The van der Waals surface area contributed by atoms with E-state index in [1.165, 1.54) is 24.1 Å². The molecule has 1 aromatic carbocycles. The van der Waals surface area contributed by atoms with E-state index in [0.29, 0.717) is 0 Å². The second kappa shape index (κ2) is 6.62. The molecule has 2 nitrogen and oxygen atoms in total. The predicted molar refractivity (Wildman–Crippen MR) is 84.0 cm³/mol. The Morgan fingerprint density at radius 3 is 2.63 bits per heavy atom. The Labute approximate surface area is 121 Å². The lowest BCUT2D eigenvalue weighted by Gasteiger charge is -2.24. The quantitative estimate of drug-likeness (QED) is 0.822. The molecule has 1 saturated carbocycles. The molecule has 0 bridgehead atoms. The summed E-state index contributed by atoms with van der Waals surface area (Å²) in [6, 6.07) is 6.65. The minimum absolute atomic E-state index is 0.232. The monoisotopic (exact) mass is 280 g/mol. The summed E-state index contributed by atoms with van der Waals surface area (Å²) in [5.74, 6) is 0.879. The van der Waals surface area contributed by atoms with Gasteiger partial charge in [-0.1, -0.05) is 24.6 Å². The van der Waals surface area contributed by atoms with E-state index in [1.807, 2.05) is 0 Å². The van der Waals surface area contributed by atoms with Gasteiger partial charge in [-0.3, -0.25) is 0 Å². The van der Waals surface area contributed by atoms with Crippen LogP contribution in [-0.4, -0.2) is 19.1 Å². The molecule has 0 aromatic heterocycles. The van der Waals surface area contributed by atoms with Crippen LogP contribution in [0.2, 0.25) is 5.02 Å². The minimum Gasteiger partial charge on any atom is -0.370 e. The van der Waals surface area contributed by atoms with Gasteiger partial charge in [0.15, 0.2) is 0 Å². The maximum Gasteiger partial charge on any atom is 0.0642 e. The highest BCUT2D eigenvalue weighted by atomic mass is 35.5. The largest absolute Gasteiger partial charge is 0.370 e. The van der Waals surface area contributed by atoms with Crippen molar-refractivity contribution in [3.05, 3.63) is 28.8 Å². The van der Waals surface area contributed by atoms with Crippen molar-refractivity contribution >= 4 is 17.3 Å². The fourth-order valence-corrected chi connectivity index (χ4v) is 2.71. The molecule has 0 heterocycles. The van der Waals surface area contributed by atoms with Crippen molar-refractivity contribution in [2.24, 2.45) is 11.7 Å². The zero-order chi connectivity index (χ0) is 13.8. The summed E-state index contributed by atoms with van der Waals surface area (Å²) in [6.07, 6.45) is 4.66. The Hall–Kier alpha value is -0.730. The van der Waals surface area contributed by atoms with Crippen molar-refractivity contribution in [3.8, 4) is 0 Å². The van der Waals surface area contributed by atoms with E-state index in [1.54, 1.807) is 0 Å². The molecule has 0 amide bonds. The smallest absolute Gasteiger partial charge is 0.0642 e. The summed E-state index contributed by atoms with van der Waals surface area (Å²) in [5, 5.41) is 0.864. The highest BCUT2D eigenvalue weighted by Gasteiger charge is 2.24. The van der Waals surface area contributed by atoms with E-state index in [-0.39, 0.29) is 6.04 Å². The van der Waals surface area contributed by atoms with Crippen molar-refractivity contribution in [1.29, 1.82) is 0 Å². The van der Waals surface area contributed by atoms with Crippen molar-refractivity contribution < 1.29 is 0 Å². The minimum atomic E-state index is 0.232. The van der Waals surface area contributed by atoms with Crippen LogP contribution in [0.25, 0.3) is 0 Å². The van der Waals surface area contributed by atoms with Crippen LogP contribution in [0.3, 0.4) is 0 Å². The number of halogens is 1. The summed E-state index contributed by atoms with van der Waals surface area (Å²) in [4.78, 5) is 2.39. The van der Waals surface area contributed by atoms with Crippen molar-refractivity contribution in [2.75, 3.05) is 18.0 Å². The van der Waals surface area contributed by atoms with E-state index >= 15 is 0 Å². The van der Waals surface area contributed by atoms with Crippen LogP contribution in [0.1, 0.15) is 38.7 Å². The summed E-state index contributed by atoms with van der Waals surface area (Å²) in [6.45, 7) is 6.47. The van der Waals surface area contributed by atoms with Crippen LogP contribution in [0, 0.1) is 5.92 Å². The summed E-state index contributed by atoms with van der Waals surface area (Å²) >= 11 is 6.45. The lowest BCUT2D eigenvalue weighted by atomic mass is 10.0. The molecule has 2 rings (SSSR count). The molecule has 1 aliphatic carbocycles. The van der Waals surface area contributed by atoms with Gasteiger partial charge in [-0.2, -0.15) is 0 Å². The lowest BCUT2D eigenvalue weighted by molar-refractivity contribution is 0.646. The number of nitrogens with two attached hydrogens (primary N) is 1. The van der Waals surface area contributed by atoms with Gasteiger partial charge >= 0.3 is 0 Å². The van der Waals surface area contributed by atoms with Crippen molar-refractivity contribution in [3.63, 3.8) is 0 Å². The number of nitrogens with zero attached hydrogens (tertiary/aromatic N) is 1. The van der Waals surface area contributed by atoms with Gasteiger partial charge in [0.2, 0.25) is 0 Å². The first-order chi connectivity index (χ1) is 9.13. The molecule has 1 atom stereocenters. The van der Waals surface area contributed by atoms with E-state index in [2.05, 4.69) is 36.9 Å². The fourth-order valence-electron chi connectivity index (χ4n) is 2.39. The maximum atomic E-state index is 6.45. The molecular weight excluding hydrogens is 256 g/mol. The number of anilines is 1. The van der Waals surface area contributed by atoms with Crippen LogP contribution in [0.15, 0.2) is 18.2 Å². The van der Waals surface area contributed by atoms with E-state index in [9.17, 15) is 0 Å². The Morgan fingerprint density at radius 1 is 1.37 bits per heavy atom. The highest BCUT2D eigenvalue weighted by molar-refractivity contribution is 6.33. The molecule has 19 heavy (non-hydrogen) atoms. The topological polar surface area (TPSA) is 29.3 Å². The first-order valence-electron chi connectivity index (χ1n) is 7.43. The molecule has 0 radical (unpaired) electrons. The predicted octanol–water partition coefficient (Wildman–Crippen LogP) is 3.86. The van der Waals surface area contributed by atoms with Gasteiger partial charge < -0.3 is 10.6 Å². The SMILES string of the molecule is CCC(N)Cc1ccc(N(CC)CC2CC2)c(Cl)c1. The maximum absolute atomic E-state index is 6.45. The Kier molecular flexibility index (Phi) is 5.12. The van der Waals surface area contributed by atoms with Crippen LogP contribution in [0.4, 0.5) is 5.69 Å². The van der Waals surface area contributed by atoms with Gasteiger partial charge in [0.1, 0.15) is 0 Å². The molecule has 2 N–H and O–H groups in total. The number of hydrogen-bond donors (Lipinski definition) is 1. The number of hydrogen-bond acceptors (Lipinski definition) is 2. The molecule has 3 heteroatoms. The zero-order valence-electron chi connectivity index (χ0n) is 12.0. The average molecular weight is 281 g/mol. The van der Waals surface area contributed by atoms with E-state index < -0.39 is 0 Å². The zero-order valence-corrected chi connectivity index (χ0v) is 12.8. The molecule has 0 aliphatic heterocycles.